The molecule has 0 aliphatic carbocycles. The van der Waals surface area contributed by atoms with Gasteiger partial charge in [0.2, 0.25) is 5.91 Å². The number of carbonyl (C=O) groups is 1. The van der Waals surface area contributed by atoms with Gasteiger partial charge in [-0.05, 0) is 50.5 Å². The number of nitrogens with zero attached hydrogens (tertiary/aromatic N) is 4. The molecule has 0 fully saturated rings. The summed E-state index contributed by atoms with van der Waals surface area (Å²) in [5, 5.41) is 12.2. The molecule has 1 aromatic carbocycles. The van der Waals surface area contributed by atoms with Crippen LogP contribution < -0.4 is 5.32 Å². The van der Waals surface area contributed by atoms with E-state index in [9.17, 15) is 4.79 Å². The molecule has 1 unspecified atom stereocenters. The van der Waals surface area contributed by atoms with E-state index in [2.05, 4.69) is 32.0 Å². The monoisotopic (exact) mass is 395 g/mol. The number of pyridine rings is 1. The summed E-state index contributed by atoms with van der Waals surface area (Å²) in [5.74, 6) is 0.733. The topological polar surface area (TPSA) is 72.7 Å². The normalized spacial score (nSPS) is 12.0. The Bertz CT molecular complexity index is 934. The summed E-state index contributed by atoms with van der Waals surface area (Å²) in [6.07, 6.45) is 4.46. The van der Waals surface area contributed by atoms with Crippen LogP contribution in [0.4, 0.5) is 5.69 Å². The molecule has 0 aliphatic rings. The highest BCUT2D eigenvalue weighted by Crippen LogP contribution is 2.28. The number of amides is 1. The molecule has 1 amide bonds. The first-order valence-electron chi connectivity index (χ1n) is 9.38. The molecule has 7 heteroatoms. The average molecular weight is 396 g/mol. The Morgan fingerprint density at radius 3 is 2.57 bits per heavy atom. The highest BCUT2D eigenvalue weighted by molar-refractivity contribution is 8.00. The second kappa shape index (κ2) is 9.01. The second-order valence-corrected chi connectivity index (χ2v) is 8.02. The summed E-state index contributed by atoms with van der Waals surface area (Å²) in [6.45, 7) is 8.78. The van der Waals surface area contributed by atoms with Crippen LogP contribution in [0.25, 0.3) is 11.4 Å². The minimum atomic E-state index is -0.305. The molecule has 146 valence electrons. The first-order valence-corrected chi connectivity index (χ1v) is 10.3. The molecule has 3 aromatic rings. The molecule has 0 aliphatic heterocycles. The molecule has 0 saturated heterocycles. The lowest BCUT2D eigenvalue weighted by Gasteiger charge is -2.16. The van der Waals surface area contributed by atoms with Crippen molar-refractivity contribution in [3.05, 3.63) is 53.9 Å². The Balaban J connectivity index is 1.79. The van der Waals surface area contributed by atoms with E-state index in [1.807, 2.05) is 51.1 Å². The maximum Gasteiger partial charge on any atom is 0.237 e. The van der Waals surface area contributed by atoms with Gasteiger partial charge in [0, 0.05) is 30.2 Å². The molecule has 28 heavy (non-hydrogen) atoms. The number of hydrogen-bond donors (Lipinski definition) is 1. The molecule has 6 nitrogen and oxygen atoms in total. The van der Waals surface area contributed by atoms with Gasteiger partial charge >= 0.3 is 0 Å². The zero-order chi connectivity index (χ0) is 20.1. The number of nitrogens with one attached hydrogen (secondary N) is 1. The molecule has 3 rings (SSSR count). The number of thioether (sulfide) groups is 1. The van der Waals surface area contributed by atoms with Crippen LogP contribution in [0.2, 0.25) is 0 Å². The summed E-state index contributed by atoms with van der Waals surface area (Å²) >= 11 is 1.42. The van der Waals surface area contributed by atoms with Crippen LogP contribution in [0.15, 0.2) is 47.9 Å². The Morgan fingerprint density at radius 1 is 1.18 bits per heavy atom. The number of anilines is 1. The molecule has 0 spiro atoms. The van der Waals surface area contributed by atoms with Crippen LogP contribution in [0, 0.1) is 13.8 Å². The van der Waals surface area contributed by atoms with Crippen molar-refractivity contribution in [2.45, 2.75) is 51.1 Å². The molecule has 1 atom stereocenters. The molecule has 0 bridgehead atoms. The Morgan fingerprint density at radius 2 is 1.93 bits per heavy atom. The maximum absolute atomic E-state index is 12.8. The van der Waals surface area contributed by atoms with Gasteiger partial charge in [-0.1, -0.05) is 36.9 Å². The number of rotatable bonds is 7. The van der Waals surface area contributed by atoms with Crippen LogP contribution in [0.1, 0.15) is 31.4 Å². The van der Waals surface area contributed by atoms with E-state index in [0.717, 1.165) is 46.3 Å². The summed E-state index contributed by atoms with van der Waals surface area (Å²) < 4.78 is 2.06. The van der Waals surface area contributed by atoms with E-state index in [4.69, 9.17) is 0 Å². The molecule has 2 heterocycles. The van der Waals surface area contributed by atoms with Crippen molar-refractivity contribution in [2.24, 2.45) is 0 Å². The lowest BCUT2D eigenvalue weighted by atomic mass is 10.1. The minimum Gasteiger partial charge on any atom is -0.325 e. The third-order valence-electron chi connectivity index (χ3n) is 4.46. The van der Waals surface area contributed by atoms with E-state index < -0.39 is 0 Å². The number of hydrogen-bond acceptors (Lipinski definition) is 5. The standard InChI is InChI=1S/C21H25N5OS/c1-5-12-26-19(17-10-7-11-22-13-17)24-25-21(26)28-16(4)20(27)23-18-14(2)8-6-9-15(18)3/h6-11,13,16H,5,12H2,1-4H3,(H,23,27). The van der Waals surface area contributed by atoms with Crippen LogP contribution >= 0.6 is 11.8 Å². The third-order valence-corrected chi connectivity index (χ3v) is 5.55. The first kappa shape index (κ1) is 20.1. The molecule has 0 radical (unpaired) electrons. The molecule has 2 aromatic heterocycles. The maximum atomic E-state index is 12.8. The van der Waals surface area contributed by atoms with Crippen LogP contribution in [0.3, 0.4) is 0 Å². The van der Waals surface area contributed by atoms with Gasteiger partial charge in [-0.15, -0.1) is 10.2 Å². The number of aryl methyl sites for hydroxylation is 2. The second-order valence-electron chi connectivity index (χ2n) is 6.72. The van der Waals surface area contributed by atoms with Crippen LogP contribution in [-0.2, 0) is 11.3 Å². The zero-order valence-electron chi connectivity index (χ0n) is 16.6. The van der Waals surface area contributed by atoms with Gasteiger partial charge in [0.15, 0.2) is 11.0 Å². The van der Waals surface area contributed by atoms with Gasteiger partial charge in [0.25, 0.3) is 0 Å². The quantitative estimate of drug-likeness (QED) is 0.597. The predicted molar refractivity (Wildman–Crippen MR) is 113 cm³/mol. The van der Waals surface area contributed by atoms with Gasteiger partial charge in [-0.2, -0.15) is 0 Å². The highest BCUT2D eigenvalue weighted by atomic mass is 32.2. The average Bonchev–Trinajstić information content (AvgIpc) is 3.08. The van der Waals surface area contributed by atoms with Crippen LogP contribution in [0.5, 0.6) is 0 Å². The fraction of sp³-hybridized carbons (Fsp3) is 0.333. The molecular weight excluding hydrogens is 370 g/mol. The first-order chi connectivity index (χ1) is 13.5. The van der Waals surface area contributed by atoms with Gasteiger partial charge in [-0.3, -0.25) is 9.78 Å². The van der Waals surface area contributed by atoms with Gasteiger partial charge < -0.3 is 9.88 Å². The number of carbonyl (C=O) groups excluding carboxylic acids is 1. The fourth-order valence-electron chi connectivity index (χ4n) is 2.96. The van der Waals surface area contributed by atoms with Gasteiger partial charge in [0.1, 0.15) is 0 Å². The van der Waals surface area contributed by atoms with E-state index in [1.165, 1.54) is 11.8 Å². The number of aromatic nitrogens is 4. The Hall–Kier alpha value is -2.67. The van der Waals surface area contributed by atoms with Gasteiger partial charge in [-0.25, -0.2) is 0 Å². The van der Waals surface area contributed by atoms with Crippen molar-refractivity contribution in [1.29, 1.82) is 0 Å². The fourth-order valence-corrected chi connectivity index (χ4v) is 3.83. The minimum absolute atomic E-state index is 0.0450. The lowest BCUT2D eigenvalue weighted by Crippen LogP contribution is -2.24. The van der Waals surface area contributed by atoms with Crippen molar-refractivity contribution in [1.82, 2.24) is 19.7 Å². The van der Waals surface area contributed by atoms with E-state index >= 15 is 0 Å². The summed E-state index contributed by atoms with van der Waals surface area (Å²) in [5.41, 5.74) is 3.91. The predicted octanol–water partition coefficient (Wildman–Crippen LogP) is 4.49. The largest absolute Gasteiger partial charge is 0.325 e. The number of benzene rings is 1. The summed E-state index contributed by atoms with van der Waals surface area (Å²) in [6, 6.07) is 9.84. The molecule has 1 N–H and O–H groups in total. The van der Waals surface area contributed by atoms with Crippen LogP contribution in [-0.4, -0.2) is 30.9 Å². The summed E-state index contributed by atoms with van der Waals surface area (Å²) in [4.78, 5) is 16.9. The SMILES string of the molecule is CCCn1c(SC(C)C(=O)Nc2c(C)cccc2C)nnc1-c1cccnc1. The van der Waals surface area contributed by atoms with E-state index in [-0.39, 0.29) is 11.2 Å². The molecular formula is C21H25N5OS. The lowest BCUT2D eigenvalue weighted by molar-refractivity contribution is -0.115. The zero-order valence-corrected chi connectivity index (χ0v) is 17.5. The Labute approximate surface area is 169 Å². The van der Waals surface area contributed by atoms with Crippen molar-refractivity contribution < 1.29 is 4.79 Å². The highest BCUT2D eigenvalue weighted by Gasteiger charge is 2.21. The molecule has 0 saturated carbocycles. The number of para-hydroxylation sites is 1. The third kappa shape index (κ3) is 4.42. The van der Waals surface area contributed by atoms with Crippen molar-refractivity contribution >= 4 is 23.4 Å². The Kier molecular flexibility index (Phi) is 6.46. The summed E-state index contributed by atoms with van der Waals surface area (Å²) in [7, 11) is 0. The van der Waals surface area contributed by atoms with Crippen molar-refractivity contribution in [3.63, 3.8) is 0 Å². The van der Waals surface area contributed by atoms with Crippen molar-refractivity contribution in [3.8, 4) is 11.4 Å². The smallest absolute Gasteiger partial charge is 0.237 e. The van der Waals surface area contributed by atoms with E-state index in [0.29, 0.717) is 0 Å². The van der Waals surface area contributed by atoms with Crippen molar-refractivity contribution in [2.75, 3.05) is 5.32 Å². The van der Waals surface area contributed by atoms with E-state index in [1.54, 1.807) is 12.4 Å². The van der Waals surface area contributed by atoms with Gasteiger partial charge in [0.05, 0.1) is 5.25 Å².